The average molecular weight is 183 g/mol. The monoisotopic (exact) mass is 183 g/mol. The fraction of sp³-hybridized carbons (Fsp3) is 0.625. The van der Waals surface area contributed by atoms with E-state index in [-0.39, 0.29) is 30.7 Å². The van der Waals surface area contributed by atoms with Gasteiger partial charge >= 0.3 is 0 Å². The van der Waals surface area contributed by atoms with Crippen LogP contribution in [0, 0.1) is 0 Å². The predicted molar refractivity (Wildman–Crippen MR) is 48.1 cm³/mol. The molecule has 0 aromatic rings. The molecule has 0 aliphatic carbocycles. The Bertz CT molecular complexity index is 258. The summed E-state index contributed by atoms with van der Waals surface area (Å²) < 4.78 is 0. The van der Waals surface area contributed by atoms with Gasteiger partial charge in [-0.15, -0.1) is 0 Å². The summed E-state index contributed by atoms with van der Waals surface area (Å²) in [5.41, 5.74) is 2.90. The number of amides is 2. The van der Waals surface area contributed by atoms with Gasteiger partial charge in [-0.25, -0.2) is 5.43 Å². The highest BCUT2D eigenvalue weighted by atomic mass is 16.2. The molecule has 1 aliphatic heterocycles. The second-order valence-electron chi connectivity index (χ2n) is 3.29. The molecular formula is C8H13N3O2. The van der Waals surface area contributed by atoms with Crippen LogP contribution >= 0.6 is 0 Å². The fourth-order valence-corrected chi connectivity index (χ4v) is 1.07. The van der Waals surface area contributed by atoms with Crippen molar-refractivity contribution in [3.05, 3.63) is 0 Å². The molecule has 1 aliphatic rings. The first-order valence-electron chi connectivity index (χ1n) is 4.21. The van der Waals surface area contributed by atoms with Crippen LogP contribution < -0.4 is 10.7 Å². The first-order valence-corrected chi connectivity index (χ1v) is 4.21. The van der Waals surface area contributed by atoms with Gasteiger partial charge in [-0.2, -0.15) is 5.10 Å². The highest BCUT2D eigenvalue weighted by Gasteiger charge is 2.17. The van der Waals surface area contributed by atoms with Gasteiger partial charge in [0, 0.05) is 6.04 Å². The zero-order valence-corrected chi connectivity index (χ0v) is 7.76. The molecule has 1 rings (SSSR count). The summed E-state index contributed by atoms with van der Waals surface area (Å²) in [5, 5.41) is 6.45. The summed E-state index contributed by atoms with van der Waals surface area (Å²) in [5.74, 6) is -0.238. The molecule has 0 aromatic carbocycles. The lowest BCUT2D eigenvalue weighted by molar-refractivity contribution is -0.120. The maximum atomic E-state index is 11.2. The second kappa shape index (κ2) is 4.02. The number of hydrazone groups is 1. The molecule has 0 radical (unpaired) electrons. The maximum Gasteiger partial charge on any atom is 0.245 e. The minimum atomic E-state index is -0.146. The minimum absolute atomic E-state index is 0.0924. The lowest BCUT2D eigenvalue weighted by Gasteiger charge is -2.06. The minimum Gasteiger partial charge on any atom is -0.354 e. The van der Waals surface area contributed by atoms with Crippen molar-refractivity contribution in [3.63, 3.8) is 0 Å². The third-order valence-electron chi connectivity index (χ3n) is 1.52. The fourth-order valence-electron chi connectivity index (χ4n) is 1.07. The van der Waals surface area contributed by atoms with Gasteiger partial charge in [0.2, 0.25) is 11.8 Å². The van der Waals surface area contributed by atoms with E-state index < -0.39 is 0 Å². The van der Waals surface area contributed by atoms with Crippen molar-refractivity contribution in [2.24, 2.45) is 5.10 Å². The summed E-state index contributed by atoms with van der Waals surface area (Å²) in [7, 11) is 0. The Morgan fingerprint density at radius 1 is 1.69 bits per heavy atom. The number of carbonyl (C=O) groups excluding carboxylic acids is 2. The van der Waals surface area contributed by atoms with E-state index >= 15 is 0 Å². The van der Waals surface area contributed by atoms with Gasteiger partial charge in [0.05, 0.1) is 18.6 Å². The summed E-state index contributed by atoms with van der Waals surface area (Å²) in [6.45, 7) is 3.77. The average Bonchev–Trinajstić information content (AvgIpc) is 2.33. The van der Waals surface area contributed by atoms with Crippen molar-refractivity contribution in [2.45, 2.75) is 32.7 Å². The zero-order chi connectivity index (χ0) is 9.84. The van der Waals surface area contributed by atoms with Crippen molar-refractivity contribution in [1.29, 1.82) is 0 Å². The molecule has 0 aromatic heterocycles. The smallest absolute Gasteiger partial charge is 0.245 e. The molecule has 1 heterocycles. The lowest BCUT2D eigenvalue weighted by atomic mass is 10.2. The Balaban J connectivity index is 2.33. The van der Waals surface area contributed by atoms with Crippen molar-refractivity contribution in [1.82, 2.24) is 10.7 Å². The molecule has 0 saturated heterocycles. The molecule has 0 saturated carbocycles. The Morgan fingerprint density at radius 3 is 2.85 bits per heavy atom. The van der Waals surface area contributed by atoms with Crippen molar-refractivity contribution in [3.8, 4) is 0 Å². The number of hydrogen-bond acceptors (Lipinski definition) is 3. The third-order valence-corrected chi connectivity index (χ3v) is 1.52. The number of nitrogens with one attached hydrogen (secondary N) is 2. The van der Waals surface area contributed by atoms with Gasteiger partial charge in [-0.1, -0.05) is 0 Å². The van der Waals surface area contributed by atoms with Crippen molar-refractivity contribution >= 4 is 17.5 Å². The van der Waals surface area contributed by atoms with Gasteiger partial charge < -0.3 is 5.32 Å². The Morgan fingerprint density at radius 2 is 2.38 bits per heavy atom. The summed E-state index contributed by atoms with van der Waals surface area (Å²) in [4.78, 5) is 21.9. The topological polar surface area (TPSA) is 70.6 Å². The summed E-state index contributed by atoms with van der Waals surface area (Å²) in [6, 6.07) is 0.123. The molecule has 5 heteroatoms. The first kappa shape index (κ1) is 9.70. The van der Waals surface area contributed by atoms with Gasteiger partial charge in [-0.05, 0) is 13.8 Å². The Labute approximate surface area is 76.6 Å². The van der Waals surface area contributed by atoms with Gasteiger partial charge in [0.15, 0.2) is 0 Å². The van der Waals surface area contributed by atoms with E-state index in [9.17, 15) is 9.59 Å². The Hall–Kier alpha value is -1.39. The van der Waals surface area contributed by atoms with Gasteiger partial charge in [-0.3, -0.25) is 9.59 Å². The van der Waals surface area contributed by atoms with Crippen LogP contribution in [-0.4, -0.2) is 23.6 Å². The molecule has 0 bridgehead atoms. The summed E-state index contributed by atoms with van der Waals surface area (Å²) >= 11 is 0. The van der Waals surface area contributed by atoms with E-state index in [2.05, 4.69) is 15.8 Å². The van der Waals surface area contributed by atoms with Crippen molar-refractivity contribution in [2.75, 3.05) is 0 Å². The predicted octanol–water partition coefficient (Wildman–Crippen LogP) is -0.223. The van der Waals surface area contributed by atoms with Crippen LogP contribution in [0.3, 0.4) is 0 Å². The SMILES string of the molecule is CC(C)NC(=O)CC1=NNC(=O)C1. The normalized spacial score (nSPS) is 15.6. The highest BCUT2D eigenvalue weighted by Crippen LogP contribution is 1.99. The molecule has 13 heavy (non-hydrogen) atoms. The molecule has 5 nitrogen and oxygen atoms in total. The van der Waals surface area contributed by atoms with Crippen LogP contribution in [0.25, 0.3) is 0 Å². The van der Waals surface area contributed by atoms with E-state index in [1.54, 1.807) is 0 Å². The molecule has 0 atom stereocenters. The largest absolute Gasteiger partial charge is 0.354 e. The van der Waals surface area contributed by atoms with Gasteiger partial charge in [0.25, 0.3) is 0 Å². The van der Waals surface area contributed by atoms with E-state index in [0.29, 0.717) is 5.71 Å². The van der Waals surface area contributed by atoms with Crippen LogP contribution in [0.15, 0.2) is 5.10 Å². The lowest BCUT2D eigenvalue weighted by Crippen LogP contribution is -2.31. The Kier molecular flexibility index (Phi) is 3.00. The highest BCUT2D eigenvalue weighted by molar-refractivity contribution is 6.11. The molecule has 0 spiro atoms. The van der Waals surface area contributed by atoms with E-state index in [1.165, 1.54) is 0 Å². The summed E-state index contributed by atoms with van der Waals surface area (Å²) in [6.07, 6.45) is 0.447. The molecule has 2 amide bonds. The van der Waals surface area contributed by atoms with Crippen LogP contribution in [0.2, 0.25) is 0 Å². The molecule has 2 N–H and O–H groups in total. The zero-order valence-electron chi connectivity index (χ0n) is 7.76. The van der Waals surface area contributed by atoms with Crippen molar-refractivity contribution < 1.29 is 9.59 Å². The van der Waals surface area contributed by atoms with E-state index in [1.807, 2.05) is 13.8 Å². The number of rotatable bonds is 3. The van der Waals surface area contributed by atoms with Crippen LogP contribution in [0.1, 0.15) is 26.7 Å². The number of hydrogen-bond donors (Lipinski definition) is 2. The quantitative estimate of drug-likeness (QED) is 0.634. The standard InChI is InChI=1S/C8H13N3O2/c1-5(2)9-7(12)3-6-4-8(13)11-10-6/h5H,3-4H2,1-2H3,(H,9,12)(H,11,13). The number of carbonyl (C=O) groups is 2. The van der Waals surface area contributed by atoms with Crippen LogP contribution in [0.4, 0.5) is 0 Å². The molecule has 72 valence electrons. The first-order chi connectivity index (χ1) is 6.08. The molecular weight excluding hydrogens is 170 g/mol. The number of nitrogens with zero attached hydrogens (tertiary/aromatic N) is 1. The molecule has 0 unspecified atom stereocenters. The van der Waals surface area contributed by atoms with Gasteiger partial charge in [0.1, 0.15) is 0 Å². The van der Waals surface area contributed by atoms with Crippen LogP contribution in [0.5, 0.6) is 0 Å². The van der Waals surface area contributed by atoms with Crippen LogP contribution in [-0.2, 0) is 9.59 Å². The van der Waals surface area contributed by atoms with E-state index in [0.717, 1.165) is 0 Å². The third kappa shape index (κ3) is 3.23. The molecule has 0 fully saturated rings. The van der Waals surface area contributed by atoms with E-state index in [4.69, 9.17) is 0 Å². The maximum absolute atomic E-state index is 11.2. The second-order valence-corrected chi connectivity index (χ2v) is 3.29.